The zero-order chi connectivity index (χ0) is 74.0. The summed E-state index contributed by atoms with van der Waals surface area (Å²) in [5, 5.41) is 118. The van der Waals surface area contributed by atoms with E-state index in [1.54, 1.807) is 82.5 Å². The lowest BCUT2D eigenvalue weighted by Gasteiger charge is -2.37. The fraction of sp³-hybridized carbons (Fsp3) is 0.686. The van der Waals surface area contributed by atoms with Crippen LogP contribution in [0.4, 0.5) is 0 Å². The Kier molecular flexibility index (Phi) is 46.3. The van der Waals surface area contributed by atoms with E-state index in [1.807, 2.05) is 106 Å². The number of aliphatic hydroxyl groups excluding tert-OH is 1. The molecule has 0 aliphatic rings. The Morgan fingerprint density at radius 2 is 0.589 bits per heavy atom. The van der Waals surface area contributed by atoms with Gasteiger partial charge in [-0.3, -0.25) is 9.59 Å². The van der Waals surface area contributed by atoms with Crippen molar-refractivity contribution in [1.82, 2.24) is 31.1 Å². The molecule has 95 heavy (non-hydrogen) atoms. The number of carbonyl (C=O) groups excluding carboxylic acids is 2. The van der Waals surface area contributed by atoms with E-state index in [4.69, 9.17) is 36.4 Å². The molecule has 0 heterocycles. The topological polar surface area (TPSA) is 370 Å². The molecule has 0 radical (unpaired) electrons. The Labute approximate surface area is 570 Å². The molecule has 25 nitrogen and oxygen atoms in total. The molecule has 0 aliphatic carbocycles. The van der Waals surface area contributed by atoms with Crippen molar-refractivity contribution in [1.29, 1.82) is 0 Å². The number of hydrogen-bond acceptors (Lipinski definition) is 23. The van der Waals surface area contributed by atoms with Gasteiger partial charge in [-0.15, -0.1) is 0 Å². The summed E-state index contributed by atoms with van der Waals surface area (Å²) in [7, 11) is 0. The van der Waals surface area contributed by atoms with Crippen molar-refractivity contribution in [2.45, 2.75) is 235 Å². The highest BCUT2D eigenvalue weighted by Gasteiger charge is 2.33. The number of oxime groups is 8. The van der Waals surface area contributed by atoms with Crippen LogP contribution in [0.5, 0.6) is 0 Å². The third-order valence-corrected chi connectivity index (χ3v) is 17.2. The van der Waals surface area contributed by atoms with Crippen LogP contribution < -0.4 is 21.3 Å². The van der Waals surface area contributed by atoms with Crippen molar-refractivity contribution >= 4 is 57.5 Å². The minimum atomic E-state index is -0.319. The molecule has 2 amide bonds. The second kappa shape index (κ2) is 47.8. The maximum Gasteiger partial charge on any atom is 0.254 e. The lowest BCUT2D eigenvalue weighted by molar-refractivity contribution is 0.0636. The van der Waals surface area contributed by atoms with Gasteiger partial charge in [0.05, 0.1) is 57.8 Å². The minimum Gasteiger partial charge on any atom is -0.411 e. The lowest BCUT2D eigenvalue weighted by atomic mass is 9.83. The van der Waals surface area contributed by atoms with Gasteiger partial charge in [0.25, 0.3) is 11.8 Å². The zero-order valence-corrected chi connectivity index (χ0v) is 62.5. The fourth-order valence-corrected chi connectivity index (χ4v) is 8.57. The summed E-state index contributed by atoms with van der Waals surface area (Å²) >= 11 is 0. The van der Waals surface area contributed by atoms with E-state index >= 15 is 0 Å². The van der Waals surface area contributed by atoms with Crippen LogP contribution in [0.3, 0.4) is 0 Å². The molecule has 13 N–H and O–H groups in total. The third kappa shape index (κ3) is 38.9. The van der Waals surface area contributed by atoms with E-state index in [0.717, 1.165) is 51.9 Å². The predicted molar refractivity (Wildman–Crippen MR) is 388 cm³/mol. The molecule has 0 unspecified atom stereocenters. The SMILES string of the molecule is C/C(=N\O)[C@@H](C)N(CC(C)(C)CC[C@H](C)/C(C)=N/O)C(=O)c1ccccc1.C/C(=N\O)[C@@H](C)NCC(C)(C)CN[C@H](C)/C(C)=N/O.C/C(=N\O)[C@H](C)CCC(C)(C)CN(C(=O)c1ccccc1)[C@@H](C)/C(C)=N/O.C/C(=N\O)[C@H](C)NCC(C)(C)CN[C@@H](C)/C(C)=N/O.CCO. The van der Waals surface area contributed by atoms with Crippen LogP contribution in [0.1, 0.15) is 219 Å². The van der Waals surface area contributed by atoms with Gasteiger partial charge in [-0.2, -0.15) is 0 Å². The molecular weight excluding hydrogens is 1210 g/mol. The van der Waals surface area contributed by atoms with Crippen LogP contribution in [0.15, 0.2) is 102 Å². The van der Waals surface area contributed by atoms with E-state index in [-0.39, 0.29) is 88.2 Å². The van der Waals surface area contributed by atoms with E-state index in [2.05, 4.69) is 118 Å². The summed E-state index contributed by atoms with van der Waals surface area (Å²) in [6.45, 7) is 53.0. The van der Waals surface area contributed by atoms with Crippen molar-refractivity contribution in [2.75, 3.05) is 45.9 Å². The normalized spacial score (nSPS) is 15.9. The molecule has 2 rings (SSSR count). The average molecular weight is 1340 g/mol. The molecular formula is C70H128N14O11. The maximum atomic E-state index is 13.1. The van der Waals surface area contributed by atoms with Gasteiger partial charge >= 0.3 is 0 Å². The van der Waals surface area contributed by atoms with Crippen LogP contribution in [-0.2, 0) is 0 Å². The molecule has 0 aliphatic heterocycles. The Morgan fingerprint density at radius 1 is 0.379 bits per heavy atom. The predicted octanol–water partition coefficient (Wildman–Crippen LogP) is 12.7. The second-order valence-electron chi connectivity index (χ2n) is 28.1. The van der Waals surface area contributed by atoms with Gasteiger partial charge in [0.2, 0.25) is 0 Å². The fourth-order valence-electron chi connectivity index (χ4n) is 8.57. The van der Waals surface area contributed by atoms with Gasteiger partial charge < -0.3 is 77.8 Å². The molecule has 0 saturated carbocycles. The molecule has 2 aromatic carbocycles. The highest BCUT2D eigenvalue weighted by Crippen LogP contribution is 2.30. The summed E-state index contributed by atoms with van der Waals surface area (Å²) < 4.78 is 0. The van der Waals surface area contributed by atoms with Crippen molar-refractivity contribution in [2.24, 2.45) is 74.7 Å². The quantitative estimate of drug-likeness (QED) is 0.0176. The van der Waals surface area contributed by atoms with Crippen LogP contribution in [0.2, 0.25) is 0 Å². The molecule has 8 atom stereocenters. The van der Waals surface area contributed by atoms with E-state index in [9.17, 15) is 20.0 Å². The molecule has 2 aromatic rings. The van der Waals surface area contributed by atoms with Crippen LogP contribution >= 0.6 is 0 Å². The summed E-state index contributed by atoms with van der Waals surface area (Å²) in [5.74, 6) is 0.178. The number of nitrogens with zero attached hydrogens (tertiary/aromatic N) is 10. The Hall–Kier alpha value is -7.06. The first-order valence-electron chi connectivity index (χ1n) is 32.9. The van der Waals surface area contributed by atoms with E-state index in [0.29, 0.717) is 69.9 Å². The molecule has 0 saturated heterocycles. The Bertz CT molecular complexity index is 2470. The smallest absolute Gasteiger partial charge is 0.254 e. The molecule has 0 fully saturated rings. The first kappa shape index (κ1) is 92.1. The van der Waals surface area contributed by atoms with Crippen LogP contribution in [0.25, 0.3) is 0 Å². The van der Waals surface area contributed by atoms with E-state index < -0.39 is 0 Å². The highest BCUT2D eigenvalue weighted by atomic mass is 16.4. The highest BCUT2D eigenvalue weighted by molar-refractivity contribution is 5.99. The first-order valence-corrected chi connectivity index (χ1v) is 32.9. The number of aliphatic hydroxyl groups is 1. The molecule has 0 bridgehead atoms. The van der Waals surface area contributed by atoms with Gasteiger partial charge in [-0.25, -0.2) is 0 Å². The molecule has 0 spiro atoms. The maximum absolute atomic E-state index is 13.1. The van der Waals surface area contributed by atoms with Gasteiger partial charge in [0.1, 0.15) is 0 Å². The number of benzene rings is 2. The van der Waals surface area contributed by atoms with Crippen molar-refractivity contribution in [3.8, 4) is 0 Å². The van der Waals surface area contributed by atoms with Gasteiger partial charge in [0, 0.05) is 81.2 Å². The molecule has 544 valence electrons. The van der Waals surface area contributed by atoms with Crippen LogP contribution in [0, 0.1) is 33.5 Å². The summed E-state index contributed by atoms with van der Waals surface area (Å²) in [4.78, 5) is 29.8. The summed E-state index contributed by atoms with van der Waals surface area (Å²) in [6, 6.07) is 17.8. The largest absolute Gasteiger partial charge is 0.411 e. The number of amides is 2. The van der Waals surface area contributed by atoms with Gasteiger partial charge in [0.15, 0.2) is 0 Å². The Balaban J connectivity index is -0.00000119. The monoisotopic (exact) mass is 1340 g/mol. The number of hydrogen-bond donors (Lipinski definition) is 13. The number of nitrogens with one attached hydrogen (secondary N) is 4. The lowest BCUT2D eigenvalue weighted by Crippen LogP contribution is -2.47. The van der Waals surface area contributed by atoms with Crippen molar-refractivity contribution < 1.29 is 56.4 Å². The minimum absolute atomic E-state index is 0.0357. The number of carbonyl (C=O) groups is 2. The second-order valence-corrected chi connectivity index (χ2v) is 28.1. The first-order chi connectivity index (χ1) is 44.1. The van der Waals surface area contributed by atoms with Crippen molar-refractivity contribution in [3.63, 3.8) is 0 Å². The standard InChI is InChI=1S/2C21H33N3O3.2C13H28N4O2.C2H6O/c2*1-15(16(2)22-26)12-13-21(5,6)14-24(18(4)17(3)23-27)20(25)19-10-8-7-9-11-19;2*1-9(11(3)16-18)14-7-13(5,6)8-15-10(2)12(4)17-19;1-2-3/h2*7-11,15,18,26-27H,12-14H2,1-6H3;2*9-10,14-15,18-19H,7-8H2,1-6H3;3H,2H2,1H3/b2*22-16+,23-17+;2*16-11+,17-12+;/t2*15-,18+;2*9-,10-;/m1010./s1. The molecule has 0 aromatic heterocycles. The molecule has 25 heteroatoms. The number of rotatable bonds is 34. The average Bonchev–Trinajstić information content (AvgIpc) is 1.37. The summed E-state index contributed by atoms with van der Waals surface area (Å²) in [6.07, 6.45) is 3.44. The van der Waals surface area contributed by atoms with Gasteiger partial charge in [-0.05, 0) is 187 Å². The van der Waals surface area contributed by atoms with Crippen LogP contribution in [-0.4, -0.2) is 196 Å². The summed E-state index contributed by atoms with van der Waals surface area (Å²) in [5.41, 5.74) is 6.06. The van der Waals surface area contributed by atoms with Crippen molar-refractivity contribution in [3.05, 3.63) is 71.8 Å². The van der Waals surface area contributed by atoms with E-state index in [1.165, 1.54) is 0 Å². The zero-order valence-electron chi connectivity index (χ0n) is 62.5. The Morgan fingerprint density at radius 3 is 0.789 bits per heavy atom. The van der Waals surface area contributed by atoms with Gasteiger partial charge in [-0.1, -0.05) is 147 Å². The third-order valence-electron chi connectivity index (χ3n) is 17.2.